The SMILES string of the molecule is C=C1[C@@H]2CCC3[C@@H]2C(C)(C)CC[C@]13C. The number of allylic oxidation sites excluding steroid dienone is 1. The van der Waals surface area contributed by atoms with Gasteiger partial charge in [-0.2, -0.15) is 0 Å². The summed E-state index contributed by atoms with van der Waals surface area (Å²) in [6.07, 6.45) is 5.73. The highest BCUT2D eigenvalue weighted by molar-refractivity contribution is 5.30. The van der Waals surface area contributed by atoms with Crippen LogP contribution in [0.4, 0.5) is 0 Å². The summed E-state index contributed by atoms with van der Waals surface area (Å²) in [6, 6.07) is 0. The Kier molecular flexibility index (Phi) is 1.47. The first-order valence-corrected chi connectivity index (χ1v) is 6.16. The van der Waals surface area contributed by atoms with Gasteiger partial charge in [0.2, 0.25) is 0 Å². The summed E-state index contributed by atoms with van der Waals surface area (Å²) in [7, 11) is 0. The van der Waals surface area contributed by atoms with Gasteiger partial charge in [0.25, 0.3) is 0 Å². The van der Waals surface area contributed by atoms with E-state index in [4.69, 9.17) is 0 Å². The zero-order chi connectivity index (χ0) is 10.1. The van der Waals surface area contributed by atoms with Gasteiger partial charge < -0.3 is 0 Å². The first-order chi connectivity index (χ1) is 6.47. The molecule has 0 heterocycles. The van der Waals surface area contributed by atoms with Crippen LogP contribution in [0.3, 0.4) is 0 Å². The molecule has 78 valence electrons. The van der Waals surface area contributed by atoms with Crippen LogP contribution >= 0.6 is 0 Å². The molecule has 4 atom stereocenters. The van der Waals surface area contributed by atoms with Crippen molar-refractivity contribution in [2.45, 2.75) is 46.5 Å². The van der Waals surface area contributed by atoms with E-state index in [0.717, 1.165) is 17.8 Å². The molecule has 3 aliphatic rings. The minimum atomic E-state index is 0.531. The van der Waals surface area contributed by atoms with Gasteiger partial charge in [-0.25, -0.2) is 0 Å². The molecule has 0 amide bonds. The Morgan fingerprint density at radius 3 is 2.50 bits per heavy atom. The van der Waals surface area contributed by atoms with Crippen LogP contribution in [0, 0.1) is 28.6 Å². The van der Waals surface area contributed by atoms with Crippen molar-refractivity contribution in [3.05, 3.63) is 12.2 Å². The predicted octanol–water partition coefficient (Wildman–Crippen LogP) is 4.02. The third-order valence-electron chi connectivity index (χ3n) is 5.85. The molecule has 0 heteroatoms. The molecule has 0 aromatic carbocycles. The van der Waals surface area contributed by atoms with Crippen LogP contribution in [-0.2, 0) is 0 Å². The van der Waals surface area contributed by atoms with Crippen molar-refractivity contribution in [2.24, 2.45) is 28.6 Å². The molecule has 0 saturated heterocycles. The lowest BCUT2D eigenvalue weighted by Crippen LogP contribution is -2.38. The van der Waals surface area contributed by atoms with Gasteiger partial charge in [0, 0.05) is 0 Å². The molecule has 4 bridgehead atoms. The van der Waals surface area contributed by atoms with Crippen LogP contribution in [-0.4, -0.2) is 0 Å². The van der Waals surface area contributed by atoms with Crippen LogP contribution in [0.5, 0.6) is 0 Å². The summed E-state index contributed by atoms with van der Waals surface area (Å²) in [6.45, 7) is 11.9. The fraction of sp³-hybridized carbons (Fsp3) is 0.857. The Bertz CT molecular complexity index is 299. The third kappa shape index (κ3) is 0.777. The zero-order valence-corrected chi connectivity index (χ0v) is 9.77. The number of hydrogen-bond acceptors (Lipinski definition) is 0. The van der Waals surface area contributed by atoms with Crippen LogP contribution in [0.2, 0.25) is 0 Å². The summed E-state index contributed by atoms with van der Waals surface area (Å²) in [5, 5.41) is 0. The fourth-order valence-electron chi connectivity index (χ4n) is 4.95. The maximum absolute atomic E-state index is 4.42. The summed E-state index contributed by atoms with van der Waals surface area (Å²) in [4.78, 5) is 0. The zero-order valence-electron chi connectivity index (χ0n) is 9.77. The van der Waals surface area contributed by atoms with E-state index in [9.17, 15) is 0 Å². The highest BCUT2D eigenvalue weighted by Crippen LogP contribution is 2.71. The van der Waals surface area contributed by atoms with Gasteiger partial charge in [0.05, 0.1) is 0 Å². The Balaban J connectivity index is 2.11. The summed E-state index contributed by atoms with van der Waals surface area (Å²) < 4.78 is 0. The van der Waals surface area contributed by atoms with Gasteiger partial charge in [0.1, 0.15) is 0 Å². The molecule has 0 N–H and O–H groups in total. The Hall–Kier alpha value is -0.260. The van der Waals surface area contributed by atoms with Gasteiger partial charge >= 0.3 is 0 Å². The molecular weight excluding hydrogens is 168 g/mol. The van der Waals surface area contributed by atoms with Gasteiger partial charge in [-0.05, 0) is 54.3 Å². The molecule has 14 heavy (non-hydrogen) atoms. The highest BCUT2D eigenvalue weighted by atomic mass is 14.7. The van der Waals surface area contributed by atoms with Crippen molar-refractivity contribution in [2.75, 3.05) is 0 Å². The Morgan fingerprint density at radius 2 is 1.86 bits per heavy atom. The summed E-state index contributed by atoms with van der Waals surface area (Å²) in [5.41, 5.74) is 2.73. The topological polar surface area (TPSA) is 0 Å². The maximum atomic E-state index is 4.42. The average Bonchev–Trinajstić information content (AvgIpc) is 2.61. The minimum Gasteiger partial charge on any atom is -0.0990 e. The minimum absolute atomic E-state index is 0.531. The fourth-order valence-corrected chi connectivity index (χ4v) is 4.95. The Labute approximate surface area is 87.8 Å². The molecule has 3 aliphatic carbocycles. The normalized spacial score (nSPS) is 53.9. The lowest BCUT2D eigenvalue weighted by atomic mass is 9.59. The van der Waals surface area contributed by atoms with E-state index in [1.807, 2.05) is 0 Å². The van der Waals surface area contributed by atoms with E-state index in [0.29, 0.717) is 10.8 Å². The highest BCUT2D eigenvalue weighted by Gasteiger charge is 2.63. The molecule has 0 aliphatic heterocycles. The van der Waals surface area contributed by atoms with E-state index >= 15 is 0 Å². The molecule has 3 fully saturated rings. The summed E-state index contributed by atoms with van der Waals surface area (Å²) in [5.74, 6) is 2.82. The second-order valence-electron chi connectivity index (χ2n) is 6.75. The van der Waals surface area contributed by atoms with Gasteiger partial charge in [-0.3, -0.25) is 0 Å². The molecular formula is C14H22. The smallest absolute Gasteiger partial charge is 0.00847 e. The molecule has 0 aromatic heterocycles. The van der Waals surface area contributed by atoms with E-state index in [1.165, 1.54) is 25.7 Å². The number of rotatable bonds is 0. The quantitative estimate of drug-likeness (QED) is 0.506. The largest absolute Gasteiger partial charge is 0.0990 e. The van der Waals surface area contributed by atoms with E-state index in [1.54, 1.807) is 5.57 Å². The molecule has 0 nitrogen and oxygen atoms in total. The third-order valence-corrected chi connectivity index (χ3v) is 5.85. The van der Waals surface area contributed by atoms with Crippen molar-refractivity contribution in [1.82, 2.24) is 0 Å². The lowest BCUT2D eigenvalue weighted by Gasteiger charge is -2.46. The molecule has 0 aromatic rings. The molecule has 1 unspecified atom stereocenters. The van der Waals surface area contributed by atoms with Gasteiger partial charge in [0.15, 0.2) is 0 Å². The van der Waals surface area contributed by atoms with Crippen molar-refractivity contribution in [3.8, 4) is 0 Å². The molecule has 3 rings (SSSR count). The molecule has 0 radical (unpaired) electrons. The van der Waals surface area contributed by atoms with Gasteiger partial charge in [-0.1, -0.05) is 32.9 Å². The maximum Gasteiger partial charge on any atom is -0.00847 e. The van der Waals surface area contributed by atoms with Crippen molar-refractivity contribution in [3.63, 3.8) is 0 Å². The first-order valence-electron chi connectivity index (χ1n) is 6.16. The van der Waals surface area contributed by atoms with E-state index in [-0.39, 0.29) is 0 Å². The standard InChI is InChI=1S/C14H22/c1-9-10-5-6-11-12(10)13(2,3)7-8-14(9,11)4/h10-12H,1,5-8H2,2-4H3/t10-,11?,12+,14+/m0/s1. The van der Waals surface area contributed by atoms with E-state index < -0.39 is 0 Å². The van der Waals surface area contributed by atoms with Crippen LogP contribution in [0.15, 0.2) is 12.2 Å². The Morgan fingerprint density at radius 1 is 1.14 bits per heavy atom. The van der Waals surface area contributed by atoms with Crippen LogP contribution < -0.4 is 0 Å². The predicted molar refractivity (Wildman–Crippen MR) is 60.0 cm³/mol. The monoisotopic (exact) mass is 190 g/mol. The molecule has 0 spiro atoms. The van der Waals surface area contributed by atoms with Crippen molar-refractivity contribution in [1.29, 1.82) is 0 Å². The second-order valence-corrected chi connectivity index (χ2v) is 6.75. The van der Waals surface area contributed by atoms with Crippen molar-refractivity contribution < 1.29 is 0 Å². The first kappa shape index (κ1) is 9.00. The number of hydrogen-bond donors (Lipinski definition) is 0. The van der Waals surface area contributed by atoms with Gasteiger partial charge in [-0.15, -0.1) is 0 Å². The summed E-state index contributed by atoms with van der Waals surface area (Å²) >= 11 is 0. The lowest BCUT2D eigenvalue weighted by molar-refractivity contribution is 0.0461. The van der Waals surface area contributed by atoms with Crippen molar-refractivity contribution >= 4 is 0 Å². The van der Waals surface area contributed by atoms with Crippen LogP contribution in [0.1, 0.15) is 46.5 Å². The van der Waals surface area contributed by atoms with E-state index in [2.05, 4.69) is 27.4 Å². The average molecular weight is 190 g/mol. The van der Waals surface area contributed by atoms with Crippen LogP contribution in [0.25, 0.3) is 0 Å². The second kappa shape index (κ2) is 2.28. The molecule has 3 saturated carbocycles.